The number of aliphatic imine (C=N–C) groups is 1. The summed E-state index contributed by atoms with van der Waals surface area (Å²) in [5.74, 6) is 1.52. The van der Waals surface area contributed by atoms with Gasteiger partial charge in [-0.3, -0.25) is 9.89 Å². The van der Waals surface area contributed by atoms with E-state index in [9.17, 15) is 0 Å². The van der Waals surface area contributed by atoms with Gasteiger partial charge in [0, 0.05) is 57.7 Å². The van der Waals surface area contributed by atoms with Crippen LogP contribution in [0.4, 0.5) is 0 Å². The summed E-state index contributed by atoms with van der Waals surface area (Å²) in [6.45, 7) is 13.4. The van der Waals surface area contributed by atoms with E-state index in [0.717, 1.165) is 32.0 Å². The number of piperazine rings is 1. The average Bonchev–Trinajstić information content (AvgIpc) is 3.11. The highest BCUT2D eigenvalue weighted by Gasteiger charge is 2.14. The maximum Gasteiger partial charge on any atom is 0.191 e. The molecular formula is C18H34IN5S. The largest absolute Gasteiger partial charge is 0.356 e. The molecular weight excluding hydrogens is 445 g/mol. The summed E-state index contributed by atoms with van der Waals surface area (Å²) >= 11 is 1.84. The number of rotatable bonds is 8. The Hall–Kier alpha value is -0.380. The summed E-state index contributed by atoms with van der Waals surface area (Å²) in [6, 6.07) is 4.34. The van der Waals surface area contributed by atoms with E-state index in [2.05, 4.69) is 56.8 Å². The fourth-order valence-corrected chi connectivity index (χ4v) is 3.87. The van der Waals surface area contributed by atoms with Crippen LogP contribution in [0.25, 0.3) is 0 Å². The van der Waals surface area contributed by atoms with Crippen LogP contribution in [0.15, 0.2) is 22.5 Å². The van der Waals surface area contributed by atoms with E-state index in [4.69, 9.17) is 0 Å². The molecule has 0 aromatic carbocycles. The van der Waals surface area contributed by atoms with E-state index in [0.29, 0.717) is 5.92 Å². The summed E-state index contributed by atoms with van der Waals surface area (Å²) < 4.78 is 0. The molecule has 0 spiro atoms. The smallest absolute Gasteiger partial charge is 0.191 e. The number of guanidine groups is 1. The first-order valence-corrected chi connectivity index (χ1v) is 10.0. The SMILES string of the molecule is CCN1CCN(CCNC(=NC)NCC(C)Cc2cccs2)CC1.I. The Bertz CT molecular complexity index is 472. The minimum absolute atomic E-state index is 0. The highest BCUT2D eigenvalue weighted by atomic mass is 127. The third kappa shape index (κ3) is 8.70. The van der Waals surface area contributed by atoms with Gasteiger partial charge in [0.2, 0.25) is 0 Å². The van der Waals surface area contributed by atoms with Gasteiger partial charge in [0.1, 0.15) is 0 Å². The molecule has 5 nitrogen and oxygen atoms in total. The molecule has 2 heterocycles. The second-order valence-electron chi connectivity index (χ2n) is 6.54. The van der Waals surface area contributed by atoms with Crippen molar-refractivity contribution in [3.63, 3.8) is 0 Å². The monoisotopic (exact) mass is 479 g/mol. The molecule has 0 bridgehead atoms. The summed E-state index contributed by atoms with van der Waals surface area (Å²) in [5.41, 5.74) is 0. The van der Waals surface area contributed by atoms with Gasteiger partial charge < -0.3 is 15.5 Å². The van der Waals surface area contributed by atoms with Crippen molar-refractivity contribution in [1.82, 2.24) is 20.4 Å². The van der Waals surface area contributed by atoms with Gasteiger partial charge in [0.15, 0.2) is 5.96 Å². The van der Waals surface area contributed by atoms with Gasteiger partial charge >= 0.3 is 0 Å². The van der Waals surface area contributed by atoms with E-state index < -0.39 is 0 Å². The molecule has 1 aromatic heterocycles. The number of halogens is 1. The van der Waals surface area contributed by atoms with Crippen LogP contribution in [0.3, 0.4) is 0 Å². The first kappa shape index (κ1) is 22.7. The van der Waals surface area contributed by atoms with Crippen LogP contribution in [0.5, 0.6) is 0 Å². The Kier molecular flexibility index (Phi) is 11.7. The molecule has 1 fully saturated rings. The lowest BCUT2D eigenvalue weighted by molar-refractivity contribution is 0.139. The Labute approximate surface area is 174 Å². The van der Waals surface area contributed by atoms with E-state index >= 15 is 0 Å². The Morgan fingerprint density at radius 1 is 1.24 bits per heavy atom. The van der Waals surface area contributed by atoms with E-state index in [1.54, 1.807) is 0 Å². The molecule has 1 unspecified atom stereocenters. The molecule has 0 amide bonds. The van der Waals surface area contributed by atoms with Crippen LogP contribution in [0.1, 0.15) is 18.7 Å². The fraction of sp³-hybridized carbons (Fsp3) is 0.722. The van der Waals surface area contributed by atoms with Crippen molar-refractivity contribution in [2.45, 2.75) is 20.3 Å². The molecule has 1 aliphatic heterocycles. The zero-order chi connectivity index (χ0) is 17.2. The standard InChI is InChI=1S/C18H33N5S.HI/c1-4-22-9-11-23(12-10-22)8-7-20-18(19-3)21-15-16(2)14-17-6-5-13-24-17;/h5-6,13,16H,4,7-12,14-15H2,1-3H3,(H2,19,20,21);1H. The molecule has 1 aromatic rings. The van der Waals surface area contributed by atoms with Crippen LogP contribution in [-0.4, -0.2) is 75.2 Å². The zero-order valence-electron chi connectivity index (χ0n) is 15.8. The highest BCUT2D eigenvalue weighted by molar-refractivity contribution is 14.0. The van der Waals surface area contributed by atoms with Crippen molar-refractivity contribution in [1.29, 1.82) is 0 Å². The Balaban J connectivity index is 0.00000312. The highest BCUT2D eigenvalue weighted by Crippen LogP contribution is 2.13. The van der Waals surface area contributed by atoms with Crippen LogP contribution in [0, 0.1) is 5.92 Å². The van der Waals surface area contributed by atoms with Crippen molar-refractivity contribution < 1.29 is 0 Å². The lowest BCUT2D eigenvalue weighted by Gasteiger charge is -2.34. The van der Waals surface area contributed by atoms with Gasteiger partial charge in [-0.05, 0) is 30.3 Å². The van der Waals surface area contributed by atoms with Crippen molar-refractivity contribution in [3.8, 4) is 0 Å². The average molecular weight is 479 g/mol. The fourth-order valence-electron chi connectivity index (χ4n) is 3.00. The lowest BCUT2D eigenvalue weighted by atomic mass is 10.1. The number of nitrogens with one attached hydrogen (secondary N) is 2. The van der Waals surface area contributed by atoms with Gasteiger partial charge in [-0.25, -0.2) is 0 Å². The molecule has 144 valence electrons. The maximum atomic E-state index is 4.34. The summed E-state index contributed by atoms with van der Waals surface area (Å²) in [4.78, 5) is 10.8. The third-order valence-corrected chi connectivity index (χ3v) is 5.50. The zero-order valence-corrected chi connectivity index (χ0v) is 19.0. The van der Waals surface area contributed by atoms with Crippen molar-refractivity contribution in [2.75, 3.05) is 59.4 Å². The van der Waals surface area contributed by atoms with Crippen LogP contribution in [0.2, 0.25) is 0 Å². The normalized spacial score (nSPS) is 17.8. The molecule has 7 heteroatoms. The minimum atomic E-state index is 0. The molecule has 0 radical (unpaired) electrons. The second kappa shape index (κ2) is 12.9. The molecule has 2 N–H and O–H groups in total. The van der Waals surface area contributed by atoms with E-state index in [1.807, 2.05) is 18.4 Å². The predicted molar refractivity (Wildman–Crippen MR) is 121 cm³/mol. The molecule has 0 aliphatic carbocycles. The molecule has 1 saturated heterocycles. The predicted octanol–water partition coefficient (Wildman–Crippen LogP) is 2.35. The van der Waals surface area contributed by atoms with Crippen molar-refractivity contribution >= 4 is 41.3 Å². The van der Waals surface area contributed by atoms with Gasteiger partial charge in [-0.2, -0.15) is 0 Å². The first-order valence-electron chi connectivity index (χ1n) is 9.12. The van der Waals surface area contributed by atoms with E-state index in [1.165, 1.54) is 37.6 Å². The number of likely N-dealkylation sites (N-methyl/N-ethyl adjacent to an activating group) is 1. The van der Waals surface area contributed by atoms with Crippen LogP contribution >= 0.6 is 35.3 Å². The maximum absolute atomic E-state index is 4.34. The second-order valence-corrected chi connectivity index (χ2v) is 7.58. The van der Waals surface area contributed by atoms with Gasteiger partial charge in [-0.1, -0.05) is 19.9 Å². The quantitative estimate of drug-likeness (QED) is 0.342. The third-order valence-electron chi connectivity index (χ3n) is 4.60. The molecule has 1 atom stereocenters. The Morgan fingerprint density at radius 2 is 1.96 bits per heavy atom. The number of nitrogens with zero attached hydrogens (tertiary/aromatic N) is 3. The van der Waals surface area contributed by atoms with Crippen LogP contribution < -0.4 is 10.6 Å². The van der Waals surface area contributed by atoms with Crippen LogP contribution in [-0.2, 0) is 6.42 Å². The molecule has 2 rings (SSSR count). The van der Waals surface area contributed by atoms with Gasteiger partial charge in [0.05, 0.1) is 0 Å². The van der Waals surface area contributed by atoms with E-state index in [-0.39, 0.29) is 24.0 Å². The Morgan fingerprint density at radius 3 is 2.56 bits per heavy atom. The minimum Gasteiger partial charge on any atom is -0.356 e. The number of hydrogen-bond acceptors (Lipinski definition) is 4. The number of thiophene rings is 1. The van der Waals surface area contributed by atoms with Crippen molar-refractivity contribution in [3.05, 3.63) is 22.4 Å². The topological polar surface area (TPSA) is 42.9 Å². The number of hydrogen-bond donors (Lipinski definition) is 2. The molecule has 1 aliphatic rings. The summed E-state index contributed by atoms with van der Waals surface area (Å²) in [7, 11) is 1.85. The van der Waals surface area contributed by atoms with Gasteiger partial charge in [0.25, 0.3) is 0 Å². The lowest BCUT2D eigenvalue weighted by Crippen LogP contribution is -2.49. The van der Waals surface area contributed by atoms with Gasteiger partial charge in [-0.15, -0.1) is 35.3 Å². The molecule has 25 heavy (non-hydrogen) atoms. The van der Waals surface area contributed by atoms with Crippen molar-refractivity contribution in [2.24, 2.45) is 10.9 Å². The summed E-state index contributed by atoms with van der Waals surface area (Å²) in [6.07, 6.45) is 1.13. The molecule has 0 saturated carbocycles. The first-order chi connectivity index (χ1) is 11.7. The summed E-state index contributed by atoms with van der Waals surface area (Å²) in [5, 5.41) is 9.04.